The average molecular weight is 347 g/mol. The molecule has 2 aromatic rings. The fourth-order valence-corrected chi connectivity index (χ4v) is 2.08. The molecule has 0 saturated carbocycles. The maximum Gasteiger partial charge on any atom is 0.573 e. The fraction of sp³-hybridized carbons (Fsp3) is 0.0833. The van der Waals surface area contributed by atoms with Crippen LogP contribution in [0.4, 0.5) is 28.8 Å². The number of alkyl halides is 3. The Morgan fingerprint density at radius 3 is 2.35 bits per heavy atom. The molecule has 0 radical (unpaired) electrons. The lowest BCUT2D eigenvalue weighted by Crippen LogP contribution is -2.19. The highest BCUT2D eigenvalue weighted by molar-refractivity contribution is 7.17. The number of aromatic carboxylic acids is 1. The quantitative estimate of drug-likeness (QED) is 0.787. The van der Waals surface area contributed by atoms with E-state index in [0.717, 1.165) is 29.7 Å². The van der Waals surface area contributed by atoms with E-state index in [9.17, 15) is 22.8 Å². The first-order chi connectivity index (χ1) is 10.7. The lowest BCUT2D eigenvalue weighted by molar-refractivity contribution is -0.274. The van der Waals surface area contributed by atoms with Crippen LogP contribution in [0.5, 0.6) is 5.75 Å². The molecule has 1 aromatic heterocycles. The van der Waals surface area contributed by atoms with Crippen molar-refractivity contribution in [2.24, 2.45) is 0 Å². The number of hydrogen-bond donors (Lipinski definition) is 3. The first kappa shape index (κ1) is 16.5. The van der Waals surface area contributed by atoms with Crippen LogP contribution in [0.2, 0.25) is 0 Å². The van der Waals surface area contributed by atoms with E-state index in [-0.39, 0.29) is 15.7 Å². The van der Waals surface area contributed by atoms with Gasteiger partial charge in [-0.2, -0.15) is 0 Å². The van der Waals surface area contributed by atoms with Crippen molar-refractivity contribution in [3.05, 3.63) is 35.3 Å². The van der Waals surface area contributed by atoms with Crippen LogP contribution in [-0.4, -0.2) is 28.5 Å². The number of hydrogen-bond acceptors (Lipinski definition) is 5. The highest BCUT2D eigenvalue weighted by Gasteiger charge is 2.30. The molecule has 2 rings (SSSR count). The van der Waals surface area contributed by atoms with Crippen molar-refractivity contribution in [1.29, 1.82) is 0 Å². The number of carboxylic acid groups (broad SMARTS) is 1. The zero-order valence-electron chi connectivity index (χ0n) is 11.0. The van der Waals surface area contributed by atoms with Gasteiger partial charge in [-0.3, -0.25) is 5.32 Å². The van der Waals surface area contributed by atoms with Crippen LogP contribution in [0, 0.1) is 0 Å². The summed E-state index contributed by atoms with van der Waals surface area (Å²) < 4.78 is 39.7. The Labute approximate surface area is 130 Å². The van der Waals surface area contributed by atoms with E-state index >= 15 is 0 Å². The topological polar surface area (TPSA) is 101 Å². The number of aromatic nitrogens is 1. The van der Waals surface area contributed by atoms with Gasteiger partial charge in [0.1, 0.15) is 10.6 Å². The van der Waals surface area contributed by atoms with Crippen LogP contribution in [0.3, 0.4) is 0 Å². The molecular formula is C12H8F3N3O4S. The summed E-state index contributed by atoms with van der Waals surface area (Å²) in [5.41, 5.74) is 0.215. The number of carbonyl (C=O) groups is 2. The summed E-state index contributed by atoms with van der Waals surface area (Å²) in [6.07, 6.45) is -3.70. The van der Waals surface area contributed by atoms with Gasteiger partial charge in [0, 0.05) is 5.69 Å². The minimum absolute atomic E-state index is 0.0473. The number of carbonyl (C=O) groups excluding carboxylic acids is 1. The first-order valence-corrected chi connectivity index (χ1v) is 6.67. The molecule has 0 aliphatic heterocycles. The number of ether oxygens (including phenoxy) is 1. The number of nitrogens with one attached hydrogen (secondary N) is 2. The Kier molecular flexibility index (Phi) is 4.69. The van der Waals surface area contributed by atoms with Gasteiger partial charge in [-0.25, -0.2) is 14.6 Å². The second kappa shape index (κ2) is 6.52. The molecule has 0 atom stereocenters. The number of urea groups is 1. The summed E-state index contributed by atoms with van der Waals surface area (Å²) in [6, 6.07) is 3.78. The fourth-order valence-electron chi connectivity index (χ4n) is 1.43. The van der Waals surface area contributed by atoms with Gasteiger partial charge in [-0.05, 0) is 24.3 Å². The van der Waals surface area contributed by atoms with Gasteiger partial charge in [-0.15, -0.1) is 13.2 Å². The molecule has 122 valence electrons. The number of halogens is 3. The zero-order valence-corrected chi connectivity index (χ0v) is 11.9. The molecule has 11 heteroatoms. The standard InChI is InChI=1S/C12H8F3N3O4S/c13-12(14,15)22-7-3-1-6(2-4-7)17-10(21)18-11-16-5-8(23-11)9(19)20/h1-5H,(H,19,20)(H2,16,17,18,21). The van der Waals surface area contributed by atoms with Crippen molar-refractivity contribution >= 4 is 34.2 Å². The van der Waals surface area contributed by atoms with Gasteiger partial charge in [0.2, 0.25) is 0 Å². The van der Waals surface area contributed by atoms with Crippen LogP contribution in [0.1, 0.15) is 9.67 Å². The Balaban J connectivity index is 1.93. The molecule has 23 heavy (non-hydrogen) atoms. The van der Waals surface area contributed by atoms with Gasteiger partial charge >= 0.3 is 18.4 Å². The SMILES string of the molecule is O=C(Nc1ccc(OC(F)(F)F)cc1)Nc1ncc(C(=O)O)s1. The van der Waals surface area contributed by atoms with Gasteiger partial charge in [0.25, 0.3) is 0 Å². The summed E-state index contributed by atoms with van der Waals surface area (Å²) in [6.45, 7) is 0. The van der Waals surface area contributed by atoms with Crippen molar-refractivity contribution in [2.75, 3.05) is 10.6 Å². The lowest BCUT2D eigenvalue weighted by atomic mass is 10.3. The summed E-state index contributed by atoms with van der Waals surface area (Å²) >= 11 is 0.761. The van der Waals surface area contributed by atoms with E-state index in [1.165, 1.54) is 12.1 Å². The second-order valence-corrected chi connectivity index (χ2v) is 5.02. The van der Waals surface area contributed by atoms with Crippen molar-refractivity contribution in [1.82, 2.24) is 4.98 Å². The average Bonchev–Trinajstić information content (AvgIpc) is 2.88. The van der Waals surface area contributed by atoms with E-state index < -0.39 is 24.1 Å². The van der Waals surface area contributed by atoms with Gasteiger partial charge in [-0.1, -0.05) is 11.3 Å². The van der Waals surface area contributed by atoms with Gasteiger partial charge < -0.3 is 15.2 Å². The summed E-state index contributed by atoms with van der Waals surface area (Å²) in [5, 5.41) is 13.4. The molecule has 0 aliphatic rings. The van der Waals surface area contributed by atoms with Crippen LogP contribution in [0.15, 0.2) is 30.5 Å². The number of amides is 2. The summed E-state index contributed by atoms with van der Waals surface area (Å²) in [4.78, 5) is 26.0. The minimum Gasteiger partial charge on any atom is -0.477 e. The molecule has 0 fully saturated rings. The van der Waals surface area contributed by atoms with Crippen LogP contribution < -0.4 is 15.4 Å². The lowest BCUT2D eigenvalue weighted by Gasteiger charge is -2.10. The van der Waals surface area contributed by atoms with Crippen molar-refractivity contribution < 1.29 is 32.6 Å². The first-order valence-electron chi connectivity index (χ1n) is 5.86. The Morgan fingerprint density at radius 2 is 1.83 bits per heavy atom. The maximum absolute atomic E-state index is 12.0. The molecule has 0 saturated heterocycles. The molecule has 7 nitrogen and oxygen atoms in total. The molecule has 2 amide bonds. The van der Waals surface area contributed by atoms with E-state index in [4.69, 9.17) is 5.11 Å². The highest BCUT2D eigenvalue weighted by Crippen LogP contribution is 2.24. The van der Waals surface area contributed by atoms with E-state index in [1.807, 2.05) is 0 Å². The summed E-state index contributed by atoms with van der Waals surface area (Å²) in [7, 11) is 0. The second-order valence-electron chi connectivity index (χ2n) is 3.99. The normalized spacial score (nSPS) is 10.9. The highest BCUT2D eigenvalue weighted by atomic mass is 32.1. The van der Waals surface area contributed by atoms with Crippen LogP contribution >= 0.6 is 11.3 Å². The summed E-state index contributed by atoms with van der Waals surface area (Å²) in [5.74, 6) is -1.59. The molecule has 1 aromatic carbocycles. The molecule has 0 unspecified atom stereocenters. The van der Waals surface area contributed by atoms with E-state index in [2.05, 4.69) is 20.4 Å². The number of anilines is 2. The van der Waals surface area contributed by atoms with Gasteiger partial charge in [0.05, 0.1) is 6.20 Å². The number of benzene rings is 1. The third-order valence-corrected chi connectivity index (χ3v) is 3.18. The Morgan fingerprint density at radius 1 is 1.17 bits per heavy atom. The minimum atomic E-state index is -4.79. The van der Waals surface area contributed by atoms with Crippen LogP contribution in [-0.2, 0) is 0 Å². The monoisotopic (exact) mass is 347 g/mol. The predicted octanol–water partition coefficient (Wildman–Crippen LogP) is 3.38. The van der Waals surface area contributed by atoms with Crippen LogP contribution in [0.25, 0.3) is 0 Å². The molecule has 0 spiro atoms. The molecule has 0 aliphatic carbocycles. The zero-order chi connectivity index (χ0) is 17.0. The van der Waals surface area contributed by atoms with E-state index in [1.54, 1.807) is 0 Å². The number of carboxylic acids is 1. The molecule has 1 heterocycles. The molecule has 3 N–H and O–H groups in total. The van der Waals surface area contributed by atoms with Crippen molar-refractivity contribution in [3.63, 3.8) is 0 Å². The molecule has 0 bridgehead atoms. The van der Waals surface area contributed by atoms with Crippen molar-refractivity contribution in [2.45, 2.75) is 6.36 Å². The van der Waals surface area contributed by atoms with Gasteiger partial charge in [0.15, 0.2) is 5.13 Å². The smallest absolute Gasteiger partial charge is 0.477 e. The Bertz CT molecular complexity index is 715. The largest absolute Gasteiger partial charge is 0.573 e. The third kappa shape index (κ3) is 5.14. The molecular weight excluding hydrogens is 339 g/mol. The third-order valence-electron chi connectivity index (χ3n) is 2.28. The van der Waals surface area contributed by atoms with Crippen molar-refractivity contribution in [3.8, 4) is 5.75 Å². The predicted molar refractivity (Wildman–Crippen MR) is 74.8 cm³/mol. The number of thiazole rings is 1. The number of rotatable bonds is 4. The maximum atomic E-state index is 12.0. The number of nitrogens with zero attached hydrogens (tertiary/aromatic N) is 1. The Hall–Kier alpha value is -2.82. The van der Waals surface area contributed by atoms with E-state index in [0.29, 0.717) is 0 Å².